The number of nitrogens with one attached hydrogen (secondary N) is 2. The summed E-state index contributed by atoms with van der Waals surface area (Å²) in [5, 5.41) is 5.08. The summed E-state index contributed by atoms with van der Waals surface area (Å²) in [6, 6.07) is 0.193. The Labute approximate surface area is 87.4 Å². The van der Waals surface area contributed by atoms with E-state index in [0.717, 1.165) is 6.42 Å². The molecule has 90 valence electrons. The third-order valence-corrected chi connectivity index (χ3v) is 1.95. The Morgan fingerprint density at radius 3 is 2.47 bits per heavy atom. The average molecular weight is 226 g/mol. The smallest absolute Gasteiger partial charge is 0.355 e. The maximum Gasteiger partial charge on any atom is 0.390 e. The first kappa shape index (κ1) is 14.2. The topological polar surface area (TPSA) is 41.1 Å². The van der Waals surface area contributed by atoms with Crippen molar-refractivity contribution in [2.45, 2.75) is 38.9 Å². The van der Waals surface area contributed by atoms with Crippen molar-refractivity contribution in [1.29, 1.82) is 0 Å². The second-order valence-electron chi connectivity index (χ2n) is 3.41. The van der Waals surface area contributed by atoms with Crippen LogP contribution in [0.1, 0.15) is 26.7 Å². The highest BCUT2D eigenvalue weighted by Crippen LogP contribution is 2.17. The van der Waals surface area contributed by atoms with Crippen LogP contribution >= 0.6 is 0 Å². The van der Waals surface area contributed by atoms with Gasteiger partial charge in [-0.1, -0.05) is 6.92 Å². The molecule has 0 aromatic heterocycles. The fourth-order valence-corrected chi connectivity index (χ4v) is 0.817. The number of carbonyl (C=O) groups is 1. The van der Waals surface area contributed by atoms with Gasteiger partial charge in [0.25, 0.3) is 0 Å². The van der Waals surface area contributed by atoms with Gasteiger partial charge in [0.1, 0.15) is 0 Å². The number of hydrogen-bond donors (Lipinski definition) is 2. The van der Waals surface area contributed by atoms with E-state index >= 15 is 0 Å². The highest BCUT2D eigenvalue weighted by Gasteiger charge is 2.26. The average Bonchev–Trinajstić information content (AvgIpc) is 2.12. The van der Waals surface area contributed by atoms with Crippen molar-refractivity contribution in [1.82, 2.24) is 10.6 Å². The highest BCUT2D eigenvalue weighted by molar-refractivity contribution is 5.77. The molecular weight excluding hydrogens is 209 g/mol. The molecule has 1 unspecified atom stereocenters. The Morgan fingerprint density at radius 1 is 1.40 bits per heavy atom. The molecule has 0 aliphatic heterocycles. The Kier molecular flexibility index (Phi) is 6.31. The van der Waals surface area contributed by atoms with E-state index in [1.807, 2.05) is 13.8 Å². The Bertz CT molecular complexity index is 194. The lowest BCUT2D eigenvalue weighted by molar-refractivity contribution is -0.135. The van der Waals surface area contributed by atoms with Crippen molar-refractivity contribution in [3.8, 4) is 0 Å². The van der Waals surface area contributed by atoms with E-state index in [0.29, 0.717) is 0 Å². The minimum atomic E-state index is -4.21. The molecule has 0 heterocycles. The van der Waals surface area contributed by atoms with Gasteiger partial charge in [0.15, 0.2) is 0 Å². The summed E-state index contributed by atoms with van der Waals surface area (Å²) in [5.41, 5.74) is 0. The van der Waals surface area contributed by atoms with Crippen LogP contribution in [0.4, 0.5) is 13.2 Å². The van der Waals surface area contributed by atoms with Crippen LogP contribution in [0.2, 0.25) is 0 Å². The lowest BCUT2D eigenvalue weighted by Gasteiger charge is -2.11. The maximum absolute atomic E-state index is 11.7. The zero-order chi connectivity index (χ0) is 11.9. The third kappa shape index (κ3) is 9.52. The zero-order valence-corrected chi connectivity index (χ0v) is 8.95. The standard InChI is InChI=1S/C9H17F3N2O/c1-3-7(2)14-6-8(15)13-5-4-9(10,11)12/h7,14H,3-6H2,1-2H3,(H,13,15). The number of rotatable bonds is 6. The SMILES string of the molecule is CCC(C)NCC(=O)NCCC(F)(F)F. The number of alkyl halides is 3. The molecule has 0 rings (SSSR count). The lowest BCUT2D eigenvalue weighted by Crippen LogP contribution is -2.38. The number of carbonyl (C=O) groups excluding carboxylic acids is 1. The molecule has 2 N–H and O–H groups in total. The van der Waals surface area contributed by atoms with Crippen LogP contribution in [-0.4, -0.2) is 31.2 Å². The molecule has 0 saturated carbocycles. The molecule has 1 atom stereocenters. The van der Waals surface area contributed by atoms with Gasteiger partial charge in [0.2, 0.25) is 5.91 Å². The van der Waals surface area contributed by atoms with Crippen molar-refractivity contribution < 1.29 is 18.0 Å². The summed E-state index contributed by atoms with van der Waals surface area (Å²) in [5.74, 6) is -0.403. The van der Waals surface area contributed by atoms with Gasteiger partial charge in [0.05, 0.1) is 13.0 Å². The van der Waals surface area contributed by atoms with Crippen LogP contribution < -0.4 is 10.6 Å². The van der Waals surface area contributed by atoms with Crippen LogP contribution in [0.15, 0.2) is 0 Å². The molecule has 0 radical (unpaired) electrons. The Hall–Kier alpha value is -0.780. The number of halogens is 3. The van der Waals surface area contributed by atoms with Gasteiger partial charge in [-0.2, -0.15) is 13.2 Å². The predicted octanol–water partition coefficient (Wildman–Crippen LogP) is 1.44. The molecule has 15 heavy (non-hydrogen) atoms. The van der Waals surface area contributed by atoms with E-state index in [2.05, 4.69) is 10.6 Å². The third-order valence-electron chi connectivity index (χ3n) is 1.95. The molecule has 0 aromatic rings. The van der Waals surface area contributed by atoms with E-state index in [4.69, 9.17) is 0 Å². The molecule has 0 aliphatic carbocycles. The second-order valence-corrected chi connectivity index (χ2v) is 3.41. The highest BCUT2D eigenvalue weighted by atomic mass is 19.4. The van der Waals surface area contributed by atoms with Crippen LogP contribution in [0.25, 0.3) is 0 Å². The van der Waals surface area contributed by atoms with Gasteiger partial charge in [-0.3, -0.25) is 4.79 Å². The summed E-state index contributed by atoms with van der Waals surface area (Å²) >= 11 is 0. The minimum absolute atomic E-state index is 0.0624. The Morgan fingerprint density at radius 2 is 2.00 bits per heavy atom. The fraction of sp³-hybridized carbons (Fsp3) is 0.889. The Balaban J connectivity index is 3.50. The van der Waals surface area contributed by atoms with E-state index in [1.165, 1.54) is 0 Å². The molecule has 1 amide bonds. The molecule has 6 heteroatoms. The monoisotopic (exact) mass is 226 g/mol. The van der Waals surface area contributed by atoms with Gasteiger partial charge in [0, 0.05) is 12.6 Å². The number of hydrogen-bond acceptors (Lipinski definition) is 2. The maximum atomic E-state index is 11.7. The predicted molar refractivity (Wildman–Crippen MR) is 51.4 cm³/mol. The van der Waals surface area contributed by atoms with Gasteiger partial charge in [-0.25, -0.2) is 0 Å². The van der Waals surface area contributed by atoms with Crippen LogP contribution in [0.5, 0.6) is 0 Å². The largest absolute Gasteiger partial charge is 0.390 e. The normalized spacial score (nSPS) is 13.7. The minimum Gasteiger partial charge on any atom is -0.355 e. The van der Waals surface area contributed by atoms with Crippen molar-refractivity contribution >= 4 is 5.91 Å². The second kappa shape index (κ2) is 6.66. The first-order chi connectivity index (χ1) is 6.85. The van der Waals surface area contributed by atoms with E-state index in [1.54, 1.807) is 0 Å². The fourth-order valence-electron chi connectivity index (χ4n) is 0.817. The van der Waals surface area contributed by atoms with Crippen molar-refractivity contribution in [2.75, 3.05) is 13.1 Å². The van der Waals surface area contributed by atoms with Gasteiger partial charge < -0.3 is 10.6 Å². The summed E-state index contributed by atoms with van der Waals surface area (Å²) in [6.45, 7) is 3.57. The summed E-state index contributed by atoms with van der Waals surface area (Å²) in [6.07, 6.45) is -4.32. The molecule has 3 nitrogen and oxygen atoms in total. The van der Waals surface area contributed by atoms with E-state index in [9.17, 15) is 18.0 Å². The van der Waals surface area contributed by atoms with Crippen LogP contribution in [0.3, 0.4) is 0 Å². The molecule has 0 bridgehead atoms. The van der Waals surface area contributed by atoms with Gasteiger partial charge in [-0.15, -0.1) is 0 Å². The molecule has 0 spiro atoms. The number of amides is 1. The molecule has 0 aromatic carbocycles. The zero-order valence-electron chi connectivity index (χ0n) is 8.95. The lowest BCUT2D eigenvalue weighted by atomic mass is 10.2. The van der Waals surface area contributed by atoms with Crippen molar-refractivity contribution in [3.63, 3.8) is 0 Å². The summed E-state index contributed by atoms with van der Waals surface area (Å²) < 4.78 is 35.1. The van der Waals surface area contributed by atoms with Crippen molar-refractivity contribution in [3.05, 3.63) is 0 Å². The molecule has 0 saturated heterocycles. The quantitative estimate of drug-likeness (QED) is 0.719. The molecule has 0 aliphatic rings. The van der Waals surface area contributed by atoms with Crippen LogP contribution in [-0.2, 0) is 4.79 Å². The first-order valence-corrected chi connectivity index (χ1v) is 4.92. The molecule has 0 fully saturated rings. The van der Waals surface area contributed by atoms with Gasteiger partial charge >= 0.3 is 6.18 Å². The summed E-state index contributed by atoms with van der Waals surface area (Å²) in [7, 11) is 0. The summed E-state index contributed by atoms with van der Waals surface area (Å²) in [4.78, 5) is 11.0. The van der Waals surface area contributed by atoms with E-state index < -0.39 is 18.5 Å². The van der Waals surface area contributed by atoms with Crippen molar-refractivity contribution in [2.24, 2.45) is 0 Å². The van der Waals surface area contributed by atoms with E-state index in [-0.39, 0.29) is 19.1 Å². The van der Waals surface area contributed by atoms with Gasteiger partial charge in [-0.05, 0) is 13.3 Å². The first-order valence-electron chi connectivity index (χ1n) is 4.92. The molecular formula is C9H17F3N2O. The van der Waals surface area contributed by atoms with Crippen LogP contribution in [0, 0.1) is 0 Å².